The molecule has 4 nitrogen and oxygen atoms in total. The van der Waals surface area contributed by atoms with Gasteiger partial charge in [-0.3, -0.25) is 4.79 Å². The lowest BCUT2D eigenvalue weighted by Crippen LogP contribution is -2.22. The minimum Gasteiger partial charge on any atom is -0.467 e. The summed E-state index contributed by atoms with van der Waals surface area (Å²) in [6, 6.07) is 11.9. The lowest BCUT2D eigenvalue weighted by Gasteiger charge is -2.09. The van der Waals surface area contributed by atoms with Gasteiger partial charge in [0, 0.05) is 24.0 Å². The minimum atomic E-state index is 0.142. The average molecular weight is 406 g/mol. The highest BCUT2D eigenvalue weighted by Crippen LogP contribution is 2.39. The fourth-order valence-electron chi connectivity index (χ4n) is 3.00. The predicted molar refractivity (Wildman–Crippen MR) is 112 cm³/mol. The van der Waals surface area contributed by atoms with Gasteiger partial charge in [0.2, 0.25) is 5.91 Å². The van der Waals surface area contributed by atoms with Gasteiger partial charge in [0.15, 0.2) is 0 Å². The molecule has 1 aromatic heterocycles. The van der Waals surface area contributed by atoms with Crippen LogP contribution in [0, 0.1) is 0 Å². The molecule has 0 radical (unpaired) electrons. The fourth-order valence-corrected chi connectivity index (χ4v) is 6.03. The Kier molecular flexibility index (Phi) is 8.65. The fraction of sp³-hybridized carbons (Fsp3) is 0.476. The molecule has 6 heteroatoms. The van der Waals surface area contributed by atoms with E-state index in [1.54, 1.807) is 6.26 Å². The van der Waals surface area contributed by atoms with Crippen molar-refractivity contribution in [3.63, 3.8) is 0 Å². The number of benzene rings is 1. The Hall–Kier alpha value is -1.37. The summed E-state index contributed by atoms with van der Waals surface area (Å²) in [5.41, 5.74) is 2.20. The van der Waals surface area contributed by atoms with Crippen LogP contribution in [0.15, 0.2) is 47.1 Å². The number of nitrogens with one attached hydrogen (secondary N) is 1. The Morgan fingerprint density at radius 1 is 1.19 bits per heavy atom. The maximum Gasteiger partial charge on any atom is 0.220 e. The standard InChI is InChI=1S/C21H27NO3S2/c23-21(9-2-1-8-20-10-12-26-27-20)22-14-17-5-3-6-18(13-17)15-24-16-19-7-4-11-25-19/h3-7,11,13,20H,1-2,8-10,12,14-16H2,(H,22,23). The third-order valence-electron chi connectivity index (χ3n) is 4.48. The average Bonchev–Trinajstić information content (AvgIpc) is 3.38. The molecule has 1 saturated heterocycles. The van der Waals surface area contributed by atoms with Crippen molar-refractivity contribution in [2.75, 3.05) is 5.75 Å². The number of furan rings is 1. The zero-order valence-electron chi connectivity index (χ0n) is 15.5. The molecule has 2 heterocycles. The lowest BCUT2D eigenvalue weighted by atomic mass is 10.1. The van der Waals surface area contributed by atoms with Crippen LogP contribution in [0.1, 0.15) is 49.0 Å². The molecule has 0 spiro atoms. The molecule has 1 unspecified atom stereocenters. The number of carbonyl (C=O) groups excluding carboxylic acids is 1. The number of carbonyl (C=O) groups is 1. The highest BCUT2D eigenvalue weighted by atomic mass is 33.1. The van der Waals surface area contributed by atoms with Gasteiger partial charge in [-0.2, -0.15) is 0 Å². The van der Waals surface area contributed by atoms with Crippen LogP contribution in [-0.4, -0.2) is 16.9 Å². The van der Waals surface area contributed by atoms with Gasteiger partial charge < -0.3 is 14.5 Å². The van der Waals surface area contributed by atoms with Crippen LogP contribution in [0.2, 0.25) is 0 Å². The van der Waals surface area contributed by atoms with E-state index >= 15 is 0 Å². The van der Waals surface area contributed by atoms with Crippen molar-refractivity contribution in [1.29, 1.82) is 0 Å². The van der Waals surface area contributed by atoms with E-state index in [2.05, 4.69) is 11.4 Å². The van der Waals surface area contributed by atoms with E-state index < -0.39 is 0 Å². The largest absolute Gasteiger partial charge is 0.467 e. The molecule has 1 aliphatic rings. The summed E-state index contributed by atoms with van der Waals surface area (Å²) in [6.07, 6.45) is 6.96. The highest BCUT2D eigenvalue weighted by Gasteiger charge is 2.15. The topological polar surface area (TPSA) is 51.5 Å². The summed E-state index contributed by atoms with van der Waals surface area (Å²) in [6.45, 7) is 1.56. The van der Waals surface area contributed by atoms with Crippen molar-refractivity contribution in [3.8, 4) is 0 Å². The highest BCUT2D eigenvalue weighted by molar-refractivity contribution is 8.77. The van der Waals surface area contributed by atoms with Gasteiger partial charge in [-0.25, -0.2) is 0 Å². The van der Waals surface area contributed by atoms with Crippen LogP contribution >= 0.6 is 21.6 Å². The molecule has 2 aromatic rings. The number of ether oxygens (including phenoxy) is 1. The summed E-state index contributed by atoms with van der Waals surface area (Å²) in [4.78, 5) is 12.0. The van der Waals surface area contributed by atoms with Gasteiger partial charge in [0.1, 0.15) is 12.4 Å². The Bertz CT molecular complexity index is 684. The third kappa shape index (κ3) is 7.64. The van der Waals surface area contributed by atoms with E-state index in [1.807, 2.05) is 51.9 Å². The monoisotopic (exact) mass is 405 g/mol. The van der Waals surface area contributed by atoms with Crippen LogP contribution in [0.4, 0.5) is 0 Å². The van der Waals surface area contributed by atoms with E-state index in [0.717, 1.165) is 35.0 Å². The molecule has 27 heavy (non-hydrogen) atoms. The van der Waals surface area contributed by atoms with E-state index in [1.165, 1.54) is 18.6 Å². The molecule has 146 valence electrons. The van der Waals surface area contributed by atoms with Gasteiger partial charge in [0.25, 0.3) is 0 Å². The molecular weight excluding hydrogens is 378 g/mol. The molecule has 0 saturated carbocycles. The van der Waals surface area contributed by atoms with Crippen molar-refractivity contribution in [2.24, 2.45) is 0 Å². The first-order valence-corrected chi connectivity index (χ1v) is 11.9. The SMILES string of the molecule is O=C(CCCCC1CCSS1)NCc1cccc(COCc2ccco2)c1. The van der Waals surface area contributed by atoms with Crippen LogP contribution in [0.25, 0.3) is 0 Å². The molecule has 1 aliphatic heterocycles. The van der Waals surface area contributed by atoms with Crippen LogP contribution in [0.3, 0.4) is 0 Å². The van der Waals surface area contributed by atoms with Crippen LogP contribution in [0.5, 0.6) is 0 Å². The van der Waals surface area contributed by atoms with Gasteiger partial charge in [-0.1, -0.05) is 52.3 Å². The smallest absolute Gasteiger partial charge is 0.220 e. The van der Waals surface area contributed by atoms with Crippen LogP contribution in [-0.2, 0) is 29.3 Å². The number of hydrogen-bond donors (Lipinski definition) is 1. The van der Waals surface area contributed by atoms with Crippen molar-refractivity contribution >= 4 is 27.5 Å². The van der Waals surface area contributed by atoms with Crippen LogP contribution < -0.4 is 5.32 Å². The zero-order valence-corrected chi connectivity index (χ0v) is 17.2. The van der Waals surface area contributed by atoms with Crippen molar-refractivity contribution in [3.05, 3.63) is 59.5 Å². The summed E-state index contributed by atoms with van der Waals surface area (Å²) in [5.74, 6) is 2.24. The van der Waals surface area contributed by atoms with Crippen molar-refractivity contribution in [2.45, 2.75) is 57.1 Å². The normalized spacial score (nSPS) is 16.5. The lowest BCUT2D eigenvalue weighted by molar-refractivity contribution is -0.121. The summed E-state index contributed by atoms with van der Waals surface area (Å²) >= 11 is 0. The van der Waals surface area contributed by atoms with Gasteiger partial charge in [-0.15, -0.1) is 0 Å². The number of unbranched alkanes of at least 4 members (excludes halogenated alkanes) is 1. The molecule has 3 rings (SSSR count). The first kappa shape index (κ1) is 20.4. The third-order valence-corrected chi connectivity index (χ3v) is 7.49. The maximum absolute atomic E-state index is 12.0. The Morgan fingerprint density at radius 2 is 2.11 bits per heavy atom. The molecule has 1 atom stereocenters. The molecule has 1 fully saturated rings. The first-order valence-electron chi connectivity index (χ1n) is 9.52. The van der Waals surface area contributed by atoms with Crippen molar-refractivity contribution < 1.29 is 13.9 Å². The minimum absolute atomic E-state index is 0.142. The Balaban J connectivity index is 1.30. The quantitative estimate of drug-likeness (QED) is 0.405. The first-order chi connectivity index (χ1) is 13.3. The predicted octanol–water partition coefficient (Wildman–Crippen LogP) is 5.33. The molecule has 1 amide bonds. The van der Waals surface area contributed by atoms with Gasteiger partial charge >= 0.3 is 0 Å². The summed E-state index contributed by atoms with van der Waals surface area (Å²) < 4.78 is 10.9. The van der Waals surface area contributed by atoms with E-state index in [4.69, 9.17) is 9.15 Å². The molecule has 0 aliphatic carbocycles. The van der Waals surface area contributed by atoms with E-state index in [9.17, 15) is 4.79 Å². The second kappa shape index (κ2) is 11.5. The number of hydrogen-bond acceptors (Lipinski definition) is 5. The van der Waals surface area contributed by atoms with E-state index in [-0.39, 0.29) is 5.91 Å². The number of amides is 1. The van der Waals surface area contributed by atoms with E-state index in [0.29, 0.717) is 26.2 Å². The molecular formula is C21H27NO3S2. The zero-order chi connectivity index (χ0) is 18.7. The summed E-state index contributed by atoms with van der Waals surface area (Å²) in [7, 11) is 4.00. The Morgan fingerprint density at radius 3 is 2.93 bits per heavy atom. The Labute approximate surface area is 169 Å². The molecule has 1 aromatic carbocycles. The molecule has 1 N–H and O–H groups in total. The van der Waals surface area contributed by atoms with Gasteiger partial charge in [-0.05, 0) is 42.5 Å². The van der Waals surface area contributed by atoms with Gasteiger partial charge in [0.05, 0.1) is 12.9 Å². The van der Waals surface area contributed by atoms with Crippen molar-refractivity contribution in [1.82, 2.24) is 5.32 Å². The summed E-state index contributed by atoms with van der Waals surface area (Å²) in [5, 5.41) is 3.83. The second-order valence-electron chi connectivity index (χ2n) is 6.74. The molecule has 0 bridgehead atoms. The maximum atomic E-state index is 12.0. The second-order valence-corrected chi connectivity index (χ2v) is 9.53. The number of rotatable bonds is 11.